The number of aromatic nitrogens is 1. The molecule has 90 valence electrons. The normalized spacial score (nSPS) is 11.6. The zero-order valence-corrected chi connectivity index (χ0v) is 9.94. The SMILES string of the molecule is NS(=O)(=O)CCNc1cccc2cnccc12. The van der Waals surface area contributed by atoms with Gasteiger partial charge in [-0.3, -0.25) is 4.98 Å². The van der Waals surface area contributed by atoms with Gasteiger partial charge in [0.15, 0.2) is 0 Å². The third-order valence-electron chi connectivity index (χ3n) is 2.38. The third-order valence-corrected chi connectivity index (χ3v) is 3.16. The van der Waals surface area contributed by atoms with Crippen molar-refractivity contribution in [2.75, 3.05) is 17.6 Å². The molecule has 0 saturated heterocycles. The summed E-state index contributed by atoms with van der Waals surface area (Å²) in [5, 5.41) is 10.0. The van der Waals surface area contributed by atoms with Crippen molar-refractivity contribution in [3.8, 4) is 0 Å². The van der Waals surface area contributed by atoms with Gasteiger partial charge in [0.05, 0.1) is 5.75 Å². The Bertz CT molecular complexity index is 620. The van der Waals surface area contributed by atoms with Crippen molar-refractivity contribution in [2.24, 2.45) is 5.14 Å². The number of primary sulfonamides is 1. The molecule has 0 atom stereocenters. The predicted molar refractivity (Wildman–Crippen MR) is 68.2 cm³/mol. The van der Waals surface area contributed by atoms with E-state index in [2.05, 4.69) is 10.3 Å². The van der Waals surface area contributed by atoms with Gasteiger partial charge >= 0.3 is 0 Å². The van der Waals surface area contributed by atoms with Gasteiger partial charge in [-0.05, 0) is 12.1 Å². The fourth-order valence-electron chi connectivity index (χ4n) is 1.60. The second-order valence-corrected chi connectivity index (χ2v) is 5.43. The Morgan fingerprint density at radius 3 is 2.88 bits per heavy atom. The lowest BCUT2D eigenvalue weighted by atomic mass is 10.1. The zero-order chi connectivity index (χ0) is 12.3. The number of hydrogen-bond donors (Lipinski definition) is 2. The number of sulfonamides is 1. The van der Waals surface area contributed by atoms with Crippen LogP contribution in [0.25, 0.3) is 10.8 Å². The fraction of sp³-hybridized carbons (Fsp3) is 0.182. The Hall–Kier alpha value is -1.66. The molecule has 0 aliphatic rings. The first kappa shape index (κ1) is 11.8. The Balaban J connectivity index is 2.19. The first-order chi connectivity index (χ1) is 8.06. The van der Waals surface area contributed by atoms with Gasteiger partial charge in [0.25, 0.3) is 0 Å². The molecule has 1 heterocycles. The molecule has 17 heavy (non-hydrogen) atoms. The van der Waals surface area contributed by atoms with Crippen LogP contribution in [-0.4, -0.2) is 25.7 Å². The van der Waals surface area contributed by atoms with E-state index in [1.807, 2.05) is 24.3 Å². The highest BCUT2D eigenvalue weighted by molar-refractivity contribution is 7.89. The highest BCUT2D eigenvalue weighted by atomic mass is 32.2. The van der Waals surface area contributed by atoms with Crippen molar-refractivity contribution in [3.05, 3.63) is 36.7 Å². The van der Waals surface area contributed by atoms with Crippen LogP contribution in [-0.2, 0) is 10.0 Å². The number of hydrogen-bond acceptors (Lipinski definition) is 4. The molecule has 0 fully saturated rings. The van der Waals surface area contributed by atoms with Crippen LogP contribution in [0.1, 0.15) is 0 Å². The Morgan fingerprint density at radius 2 is 2.12 bits per heavy atom. The summed E-state index contributed by atoms with van der Waals surface area (Å²) in [6, 6.07) is 7.62. The van der Waals surface area contributed by atoms with E-state index in [0.29, 0.717) is 6.54 Å². The van der Waals surface area contributed by atoms with Crippen molar-refractivity contribution >= 4 is 26.5 Å². The molecule has 2 aromatic rings. The van der Waals surface area contributed by atoms with E-state index < -0.39 is 10.0 Å². The predicted octanol–water partition coefficient (Wildman–Crippen LogP) is 0.935. The molecule has 2 rings (SSSR count). The number of pyridine rings is 1. The first-order valence-electron chi connectivity index (χ1n) is 5.13. The molecule has 0 bridgehead atoms. The number of anilines is 1. The molecular weight excluding hydrogens is 238 g/mol. The molecule has 3 N–H and O–H groups in total. The summed E-state index contributed by atoms with van der Waals surface area (Å²) < 4.78 is 21.6. The maximum atomic E-state index is 10.8. The monoisotopic (exact) mass is 251 g/mol. The molecule has 0 aliphatic carbocycles. The Morgan fingerprint density at radius 1 is 1.29 bits per heavy atom. The summed E-state index contributed by atoms with van der Waals surface area (Å²) in [6.45, 7) is 0.292. The van der Waals surface area contributed by atoms with Crippen molar-refractivity contribution < 1.29 is 8.42 Å². The van der Waals surface area contributed by atoms with E-state index in [1.165, 1.54) is 0 Å². The zero-order valence-electron chi connectivity index (χ0n) is 9.13. The van der Waals surface area contributed by atoms with Crippen molar-refractivity contribution in [3.63, 3.8) is 0 Å². The van der Waals surface area contributed by atoms with E-state index in [0.717, 1.165) is 16.5 Å². The summed E-state index contributed by atoms with van der Waals surface area (Å²) in [6.07, 6.45) is 3.47. The molecule has 5 nitrogen and oxygen atoms in total. The minimum absolute atomic E-state index is 0.0888. The van der Waals surface area contributed by atoms with Gasteiger partial charge in [-0.25, -0.2) is 13.6 Å². The van der Waals surface area contributed by atoms with Crippen LogP contribution in [0.15, 0.2) is 36.7 Å². The third kappa shape index (κ3) is 3.15. The summed E-state index contributed by atoms with van der Waals surface area (Å²) in [5.74, 6) is -0.0888. The average Bonchev–Trinajstić information content (AvgIpc) is 2.28. The van der Waals surface area contributed by atoms with Crippen LogP contribution in [0.2, 0.25) is 0 Å². The number of benzene rings is 1. The minimum Gasteiger partial charge on any atom is -0.383 e. The van der Waals surface area contributed by atoms with E-state index in [9.17, 15) is 8.42 Å². The van der Waals surface area contributed by atoms with Gasteiger partial charge in [-0.1, -0.05) is 12.1 Å². The molecular formula is C11H13N3O2S. The lowest BCUT2D eigenvalue weighted by Crippen LogP contribution is -2.22. The van der Waals surface area contributed by atoms with E-state index in [4.69, 9.17) is 5.14 Å². The molecule has 0 aliphatic heterocycles. The standard InChI is InChI=1S/C11H13N3O2S/c12-17(15,16)7-6-14-11-3-1-2-9-8-13-5-4-10(9)11/h1-5,8,14H,6-7H2,(H2,12,15,16). The summed E-state index contributed by atoms with van der Waals surface area (Å²) >= 11 is 0. The van der Waals surface area contributed by atoms with Crippen molar-refractivity contribution in [2.45, 2.75) is 0 Å². The Kier molecular flexibility index (Phi) is 3.26. The summed E-state index contributed by atoms with van der Waals surface area (Å²) in [7, 11) is -3.42. The summed E-state index contributed by atoms with van der Waals surface area (Å²) in [5.41, 5.74) is 0.883. The molecule has 1 aromatic carbocycles. The molecule has 0 spiro atoms. The molecule has 0 amide bonds. The molecule has 0 saturated carbocycles. The second kappa shape index (κ2) is 4.68. The molecule has 1 aromatic heterocycles. The number of nitrogens with two attached hydrogens (primary N) is 1. The fourth-order valence-corrected chi connectivity index (χ4v) is 1.99. The maximum absolute atomic E-state index is 10.8. The lowest BCUT2D eigenvalue weighted by Gasteiger charge is -2.08. The van der Waals surface area contributed by atoms with Gasteiger partial charge in [-0.15, -0.1) is 0 Å². The first-order valence-corrected chi connectivity index (χ1v) is 6.85. The van der Waals surface area contributed by atoms with Crippen LogP contribution in [0.4, 0.5) is 5.69 Å². The smallest absolute Gasteiger partial charge is 0.210 e. The quantitative estimate of drug-likeness (QED) is 0.846. The van der Waals surface area contributed by atoms with Crippen LogP contribution >= 0.6 is 0 Å². The van der Waals surface area contributed by atoms with Crippen molar-refractivity contribution in [1.29, 1.82) is 0 Å². The van der Waals surface area contributed by atoms with Crippen LogP contribution in [0.3, 0.4) is 0 Å². The topological polar surface area (TPSA) is 85.1 Å². The second-order valence-electron chi connectivity index (χ2n) is 3.70. The molecule has 0 radical (unpaired) electrons. The van der Waals surface area contributed by atoms with Crippen molar-refractivity contribution in [1.82, 2.24) is 4.98 Å². The van der Waals surface area contributed by atoms with E-state index in [1.54, 1.807) is 12.4 Å². The van der Waals surface area contributed by atoms with Crippen LogP contribution in [0, 0.1) is 0 Å². The van der Waals surface area contributed by atoms with Gasteiger partial charge in [0.2, 0.25) is 10.0 Å². The maximum Gasteiger partial charge on any atom is 0.210 e. The van der Waals surface area contributed by atoms with Gasteiger partial charge in [0.1, 0.15) is 0 Å². The highest BCUT2D eigenvalue weighted by Gasteiger charge is 2.03. The van der Waals surface area contributed by atoms with Gasteiger partial charge < -0.3 is 5.32 Å². The number of fused-ring (bicyclic) bond motifs is 1. The van der Waals surface area contributed by atoms with Crippen LogP contribution < -0.4 is 10.5 Å². The largest absolute Gasteiger partial charge is 0.383 e. The highest BCUT2D eigenvalue weighted by Crippen LogP contribution is 2.21. The van der Waals surface area contributed by atoms with E-state index >= 15 is 0 Å². The number of nitrogens with zero attached hydrogens (tertiary/aromatic N) is 1. The Labute approximate surface area is 99.7 Å². The minimum atomic E-state index is -3.42. The number of rotatable bonds is 4. The van der Waals surface area contributed by atoms with Crippen LogP contribution in [0.5, 0.6) is 0 Å². The lowest BCUT2D eigenvalue weighted by molar-refractivity contribution is 0.598. The number of nitrogens with one attached hydrogen (secondary N) is 1. The molecule has 0 unspecified atom stereocenters. The molecule has 6 heteroatoms. The average molecular weight is 251 g/mol. The van der Waals surface area contributed by atoms with E-state index in [-0.39, 0.29) is 5.75 Å². The van der Waals surface area contributed by atoms with Gasteiger partial charge in [0, 0.05) is 35.4 Å². The summed E-state index contributed by atoms with van der Waals surface area (Å²) in [4.78, 5) is 4.03. The van der Waals surface area contributed by atoms with Gasteiger partial charge in [-0.2, -0.15) is 0 Å².